The zero-order valence-electron chi connectivity index (χ0n) is 8.29. The van der Waals surface area contributed by atoms with Crippen LogP contribution in [0.2, 0.25) is 0 Å². The molecule has 0 aliphatic heterocycles. The molecule has 0 saturated carbocycles. The Balaban J connectivity index is 3.04. The number of nitrogens with zero attached hydrogens (tertiary/aromatic N) is 1. The van der Waals surface area contributed by atoms with Crippen LogP contribution >= 0.6 is 10.7 Å². The van der Waals surface area contributed by atoms with Crippen molar-refractivity contribution in [2.75, 3.05) is 0 Å². The van der Waals surface area contributed by atoms with E-state index in [2.05, 4.69) is 15.4 Å². The van der Waals surface area contributed by atoms with Crippen LogP contribution in [0.1, 0.15) is 0 Å². The van der Waals surface area contributed by atoms with Gasteiger partial charge in [0.2, 0.25) is 5.75 Å². The number of halogens is 2. The Morgan fingerprint density at radius 1 is 1.50 bits per heavy atom. The van der Waals surface area contributed by atoms with Gasteiger partial charge >= 0.3 is 21.0 Å². The van der Waals surface area contributed by atoms with Crippen LogP contribution < -0.4 is 9.46 Å². The van der Waals surface area contributed by atoms with Crippen molar-refractivity contribution in [2.24, 2.45) is 0 Å². The molecule has 1 rings (SSSR count). The topological polar surface area (TPSA) is 116 Å². The molecular formula is C7H4ClFN2O6S. The molecule has 98 valence electrons. The van der Waals surface area contributed by atoms with Crippen molar-refractivity contribution in [1.29, 1.82) is 0 Å². The molecule has 1 N–H and O–H groups in total. The third-order valence-corrected chi connectivity index (χ3v) is 2.18. The SMILES string of the molecule is O=C(NS(=O)(=O)Cl)Oc1c(F)cccc1[N+](=O)[O-]. The van der Waals surface area contributed by atoms with Gasteiger partial charge in [-0.3, -0.25) is 10.1 Å². The van der Waals surface area contributed by atoms with Crippen molar-refractivity contribution in [2.45, 2.75) is 0 Å². The Morgan fingerprint density at radius 2 is 2.11 bits per heavy atom. The summed E-state index contributed by atoms with van der Waals surface area (Å²) in [7, 11) is 0.235. The smallest absolute Gasteiger partial charge is 0.399 e. The van der Waals surface area contributed by atoms with Gasteiger partial charge in [-0.2, -0.15) is 8.42 Å². The van der Waals surface area contributed by atoms with Crippen LogP contribution in [-0.4, -0.2) is 19.4 Å². The molecule has 0 atom stereocenters. The average molecular weight is 299 g/mol. The van der Waals surface area contributed by atoms with Crippen molar-refractivity contribution >= 4 is 31.7 Å². The number of nitro groups is 1. The van der Waals surface area contributed by atoms with Gasteiger partial charge in [0.05, 0.1) is 4.92 Å². The Kier molecular flexibility index (Phi) is 4.03. The maximum atomic E-state index is 13.2. The van der Waals surface area contributed by atoms with E-state index in [1.165, 1.54) is 0 Å². The molecule has 0 aliphatic rings. The molecule has 0 saturated heterocycles. The lowest BCUT2D eigenvalue weighted by Crippen LogP contribution is -2.30. The van der Waals surface area contributed by atoms with Crippen molar-refractivity contribution in [3.63, 3.8) is 0 Å². The third-order valence-electron chi connectivity index (χ3n) is 1.54. The molecule has 8 nitrogen and oxygen atoms in total. The van der Waals surface area contributed by atoms with Crippen molar-refractivity contribution < 1.29 is 27.3 Å². The Hall–Kier alpha value is -1.94. The summed E-state index contributed by atoms with van der Waals surface area (Å²) in [4.78, 5) is 20.5. The number of ether oxygens (including phenoxy) is 1. The highest BCUT2D eigenvalue weighted by Gasteiger charge is 2.23. The number of amides is 1. The summed E-state index contributed by atoms with van der Waals surface area (Å²) >= 11 is 0. The number of rotatable bonds is 3. The predicted octanol–water partition coefficient (Wildman–Crippen LogP) is 1.31. The quantitative estimate of drug-likeness (QED) is 0.511. The lowest BCUT2D eigenvalue weighted by atomic mass is 10.3. The number of hydrogen-bond donors (Lipinski definition) is 1. The molecular weight excluding hydrogens is 295 g/mol. The molecule has 11 heteroatoms. The van der Waals surface area contributed by atoms with E-state index in [1.807, 2.05) is 0 Å². The highest BCUT2D eigenvalue weighted by atomic mass is 35.7. The van der Waals surface area contributed by atoms with E-state index in [0.29, 0.717) is 0 Å². The van der Waals surface area contributed by atoms with Gasteiger partial charge in [0.15, 0.2) is 5.82 Å². The first-order valence-electron chi connectivity index (χ1n) is 4.08. The summed E-state index contributed by atoms with van der Waals surface area (Å²) in [5, 5.41) is 10.5. The number of hydrogen-bond acceptors (Lipinski definition) is 6. The Labute approximate surface area is 104 Å². The molecule has 1 aromatic carbocycles. The normalized spacial score (nSPS) is 10.8. The number of nitro benzene ring substituents is 1. The zero-order valence-corrected chi connectivity index (χ0v) is 9.87. The van der Waals surface area contributed by atoms with Gasteiger partial charge in [-0.15, -0.1) is 0 Å². The number of carbonyl (C=O) groups is 1. The fourth-order valence-corrected chi connectivity index (χ4v) is 1.39. The molecule has 1 aromatic rings. The summed E-state index contributed by atoms with van der Waals surface area (Å²) in [6.45, 7) is 0. The number of benzene rings is 1. The molecule has 0 aliphatic carbocycles. The molecule has 0 radical (unpaired) electrons. The minimum absolute atomic E-state index is 0.796. The fraction of sp³-hybridized carbons (Fsp3) is 0. The maximum absolute atomic E-state index is 13.2. The molecule has 0 heterocycles. The molecule has 18 heavy (non-hydrogen) atoms. The minimum Gasteiger partial charge on any atom is -0.399 e. The first-order valence-corrected chi connectivity index (χ1v) is 6.39. The minimum atomic E-state index is -4.43. The highest BCUT2D eigenvalue weighted by molar-refractivity contribution is 8.12. The number of nitrogens with one attached hydrogen (secondary N) is 1. The van der Waals surface area contributed by atoms with Crippen LogP contribution in [0.15, 0.2) is 18.2 Å². The van der Waals surface area contributed by atoms with Crippen molar-refractivity contribution in [3.05, 3.63) is 34.1 Å². The summed E-state index contributed by atoms with van der Waals surface area (Å²) in [5.74, 6) is -2.22. The molecule has 1 amide bonds. The highest BCUT2D eigenvalue weighted by Crippen LogP contribution is 2.29. The van der Waals surface area contributed by atoms with Crippen LogP contribution in [0.3, 0.4) is 0 Å². The zero-order chi connectivity index (χ0) is 13.9. The van der Waals surface area contributed by atoms with Crippen LogP contribution in [0.25, 0.3) is 0 Å². The van der Waals surface area contributed by atoms with E-state index in [9.17, 15) is 27.7 Å². The van der Waals surface area contributed by atoms with Gasteiger partial charge in [-0.25, -0.2) is 13.9 Å². The average Bonchev–Trinajstić information content (AvgIpc) is 2.17. The van der Waals surface area contributed by atoms with Crippen LogP contribution in [0, 0.1) is 15.9 Å². The third kappa shape index (κ3) is 3.82. The van der Waals surface area contributed by atoms with Crippen molar-refractivity contribution in [1.82, 2.24) is 4.72 Å². The monoisotopic (exact) mass is 298 g/mol. The molecule has 0 fully saturated rings. The second-order valence-corrected chi connectivity index (χ2v) is 5.07. The first kappa shape index (κ1) is 14.1. The van der Waals surface area contributed by atoms with E-state index >= 15 is 0 Å². The van der Waals surface area contributed by atoms with Crippen LogP contribution in [0.4, 0.5) is 14.9 Å². The van der Waals surface area contributed by atoms with Gasteiger partial charge in [-0.05, 0) is 6.07 Å². The summed E-state index contributed by atoms with van der Waals surface area (Å²) in [6, 6.07) is 2.70. The molecule has 0 bridgehead atoms. The molecule has 0 unspecified atom stereocenters. The van der Waals surface area contributed by atoms with Gasteiger partial charge in [0, 0.05) is 16.7 Å². The van der Waals surface area contributed by atoms with E-state index in [0.717, 1.165) is 22.9 Å². The lowest BCUT2D eigenvalue weighted by Gasteiger charge is -2.05. The van der Waals surface area contributed by atoms with E-state index in [-0.39, 0.29) is 0 Å². The first-order chi connectivity index (χ1) is 8.20. The van der Waals surface area contributed by atoms with Crippen LogP contribution in [-0.2, 0) is 9.24 Å². The standard InChI is InChI=1S/C7H4ClFN2O6S/c8-18(15,16)10-7(12)17-6-4(9)2-1-3-5(6)11(13)14/h1-3H,(H,10,12). The molecule has 0 aromatic heterocycles. The van der Waals surface area contributed by atoms with E-state index < -0.39 is 37.5 Å². The summed E-state index contributed by atoms with van der Waals surface area (Å²) in [6.07, 6.45) is -1.67. The van der Waals surface area contributed by atoms with E-state index in [4.69, 9.17) is 0 Å². The predicted molar refractivity (Wildman–Crippen MR) is 57.0 cm³/mol. The van der Waals surface area contributed by atoms with Gasteiger partial charge in [0.25, 0.3) is 0 Å². The molecule has 0 spiro atoms. The van der Waals surface area contributed by atoms with Gasteiger partial charge < -0.3 is 4.74 Å². The van der Waals surface area contributed by atoms with Crippen LogP contribution in [0.5, 0.6) is 5.75 Å². The fourth-order valence-electron chi connectivity index (χ4n) is 0.955. The second kappa shape index (κ2) is 5.14. The Bertz CT molecular complexity index is 604. The van der Waals surface area contributed by atoms with Gasteiger partial charge in [-0.1, -0.05) is 6.07 Å². The Morgan fingerprint density at radius 3 is 2.61 bits per heavy atom. The second-order valence-electron chi connectivity index (χ2n) is 2.77. The summed E-state index contributed by atoms with van der Waals surface area (Å²) in [5.41, 5.74) is -0.836. The number of para-hydroxylation sites is 1. The van der Waals surface area contributed by atoms with E-state index in [1.54, 1.807) is 0 Å². The van der Waals surface area contributed by atoms with Crippen molar-refractivity contribution in [3.8, 4) is 5.75 Å². The maximum Gasteiger partial charge on any atom is 0.427 e. The summed E-state index contributed by atoms with van der Waals surface area (Å²) < 4.78 is 39.5. The van der Waals surface area contributed by atoms with Gasteiger partial charge in [0.1, 0.15) is 0 Å². The largest absolute Gasteiger partial charge is 0.427 e. The number of carbonyl (C=O) groups excluding carboxylic acids is 1. The lowest BCUT2D eigenvalue weighted by molar-refractivity contribution is -0.385.